The second-order valence-corrected chi connectivity index (χ2v) is 5.45. The normalized spacial score (nSPS) is 20.4. The summed E-state index contributed by atoms with van der Waals surface area (Å²) in [5, 5.41) is 4.83. The lowest BCUT2D eigenvalue weighted by molar-refractivity contribution is 0.0915. The van der Waals surface area contributed by atoms with Crippen LogP contribution in [-0.4, -0.2) is 18.4 Å². The molecule has 0 spiro atoms. The van der Waals surface area contributed by atoms with Crippen molar-refractivity contribution in [3.8, 4) is 0 Å². The summed E-state index contributed by atoms with van der Waals surface area (Å²) in [6, 6.07) is 7.06. The molecule has 1 aliphatic heterocycles. The number of fused-ring (bicyclic) bond motifs is 1. The lowest BCUT2D eigenvalue weighted by Crippen LogP contribution is -2.35. The quantitative estimate of drug-likeness (QED) is 0.849. The Bertz CT molecular complexity index is 597. The SMILES string of the molecule is O=C(c1cc2cc(Cl)ccc2o1)C1CCCCCN1. The molecule has 0 aliphatic carbocycles. The van der Waals surface area contributed by atoms with E-state index >= 15 is 0 Å². The number of halogens is 1. The van der Waals surface area contributed by atoms with E-state index in [2.05, 4.69) is 5.32 Å². The molecule has 2 heterocycles. The van der Waals surface area contributed by atoms with Crippen LogP contribution in [0.3, 0.4) is 0 Å². The zero-order chi connectivity index (χ0) is 13.2. The Hall–Kier alpha value is -1.32. The molecule has 0 saturated carbocycles. The maximum Gasteiger partial charge on any atom is 0.214 e. The highest BCUT2D eigenvalue weighted by molar-refractivity contribution is 6.31. The number of nitrogens with one attached hydrogen (secondary N) is 1. The molecule has 1 aliphatic rings. The van der Waals surface area contributed by atoms with Gasteiger partial charge in [0.2, 0.25) is 5.78 Å². The van der Waals surface area contributed by atoms with E-state index in [1.165, 1.54) is 6.42 Å². The first kappa shape index (κ1) is 12.7. The van der Waals surface area contributed by atoms with Gasteiger partial charge in [-0.2, -0.15) is 0 Å². The number of carbonyl (C=O) groups excluding carboxylic acids is 1. The molecule has 1 atom stereocenters. The van der Waals surface area contributed by atoms with Crippen molar-refractivity contribution in [2.24, 2.45) is 0 Å². The molecular weight excluding hydrogens is 262 g/mol. The highest BCUT2D eigenvalue weighted by Gasteiger charge is 2.23. The molecule has 0 radical (unpaired) electrons. The molecule has 0 amide bonds. The fraction of sp³-hybridized carbons (Fsp3) is 0.400. The topological polar surface area (TPSA) is 42.2 Å². The number of hydrogen-bond donors (Lipinski definition) is 1. The smallest absolute Gasteiger partial charge is 0.214 e. The predicted octanol–water partition coefficient (Wildman–Crippen LogP) is 3.80. The Kier molecular flexibility index (Phi) is 3.58. The van der Waals surface area contributed by atoms with Crippen molar-refractivity contribution < 1.29 is 9.21 Å². The minimum Gasteiger partial charge on any atom is -0.453 e. The first-order chi connectivity index (χ1) is 9.24. The number of hydrogen-bond acceptors (Lipinski definition) is 3. The summed E-state index contributed by atoms with van der Waals surface area (Å²) in [6.07, 6.45) is 4.30. The Morgan fingerprint density at radius 3 is 3.05 bits per heavy atom. The van der Waals surface area contributed by atoms with Gasteiger partial charge in [-0.1, -0.05) is 24.4 Å². The molecule has 4 heteroatoms. The van der Waals surface area contributed by atoms with Crippen molar-refractivity contribution in [3.05, 3.63) is 35.0 Å². The molecule has 1 unspecified atom stereocenters. The zero-order valence-corrected chi connectivity index (χ0v) is 11.4. The van der Waals surface area contributed by atoms with Crippen LogP contribution in [0, 0.1) is 0 Å². The summed E-state index contributed by atoms with van der Waals surface area (Å²) in [4.78, 5) is 12.4. The Morgan fingerprint density at radius 2 is 2.16 bits per heavy atom. The third kappa shape index (κ3) is 2.67. The van der Waals surface area contributed by atoms with Gasteiger partial charge in [0.05, 0.1) is 6.04 Å². The van der Waals surface area contributed by atoms with Gasteiger partial charge in [0.15, 0.2) is 5.76 Å². The van der Waals surface area contributed by atoms with Crippen LogP contribution in [0.2, 0.25) is 5.02 Å². The zero-order valence-electron chi connectivity index (χ0n) is 10.6. The number of Topliss-reactive ketones (excluding diaryl/α,β-unsaturated/α-hetero) is 1. The van der Waals surface area contributed by atoms with Crippen LogP contribution in [0.15, 0.2) is 28.7 Å². The van der Waals surface area contributed by atoms with Gasteiger partial charge >= 0.3 is 0 Å². The Labute approximate surface area is 116 Å². The maximum absolute atomic E-state index is 12.4. The molecule has 3 nitrogen and oxygen atoms in total. The lowest BCUT2D eigenvalue weighted by atomic mass is 10.0. The molecule has 19 heavy (non-hydrogen) atoms. The van der Waals surface area contributed by atoms with Crippen molar-refractivity contribution in [2.75, 3.05) is 6.54 Å². The summed E-state index contributed by atoms with van der Waals surface area (Å²) < 4.78 is 5.63. The first-order valence-corrected chi connectivity index (χ1v) is 7.08. The molecule has 2 aromatic rings. The molecule has 100 valence electrons. The third-order valence-electron chi connectivity index (χ3n) is 3.60. The standard InChI is InChI=1S/C15H16ClNO2/c16-11-5-6-13-10(8-11)9-14(19-13)15(18)12-4-2-1-3-7-17-12/h5-6,8-9,12,17H,1-4,7H2. The molecule has 1 aromatic heterocycles. The van der Waals surface area contributed by atoms with Gasteiger partial charge < -0.3 is 9.73 Å². The van der Waals surface area contributed by atoms with Crippen molar-refractivity contribution in [3.63, 3.8) is 0 Å². The van der Waals surface area contributed by atoms with Gasteiger partial charge in [-0.25, -0.2) is 0 Å². The molecule has 0 bridgehead atoms. The van der Waals surface area contributed by atoms with Crippen molar-refractivity contribution >= 4 is 28.4 Å². The van der Waals surface area contributed by atoms with E-state index in [1.807, 2.05) is 6.07 Å². The average molecular weight is 278 g/mol. The van der Waals surface area contributed by atoms with Crippen LogP contribution in [0.5, 0.6) is 0 Å². The van der Waals surface area contributed by atoms with Crippen LogP contribution in [0.1, 0.15) is 36.2 Å². The summed E-state index contributed by atoms with van der Waals surface area (Å²) in [5.74, 6) is 0.478. The van der Waals surface area contributed by atoms with Crippen LogP contribution < -0.4 is 5.32 Å². The molecule has 1 N–H and O–H groups in total. The average Bonchev–Trinajstić information content (AvgIpc) is 2.64. The molecule has 1 saturated heterocycles. The number of rotatable bonds is 2. The molecular formula is C15H16ClNO2. The van der Waals surface area contributed by atoms with Crippen molar-refractivity contribution in [2.45, 2.75) is 31.7 Å². The van der Waals surface area contributed by atoms with Gasteiger partial charge in [0, 0.05) is 10.4 Å². The largest absolute Gasteiger partial charge is 0.453 e. The van der Waals surface area contributed by atoms with Crippen LogP contribution >= 0.6 is 11.6 Å². The van der Waals surface area contributed by atoms with E-state index < -0.39 is 0 Å². The summed E-state index contributed by atoms with van der Waals surface area (Å²) in [5.41, 5.74) is 0.710. The second kappa shape index (κ2) is 5.35. The van der Waals surface area contributed by atoms with Gasteiger partial charge in [-0.15, -0.1) is 0 Å². The minimum atomic E-state index is -0.112. The van der Waals surface area contributed by atoms with Crippen LogP contribution in [-0.2, 0) is 0 Å². The molecule has 1 fully saturated rings. The van der Waals surface area contributed by atoms with Crippen molar-refractivity contribution in [1.29, 1.82) is 0 Å². The number of benzene rings is 1. The van der Waals surface area contributed by atoms with Gasteiger partial charge in [0.1, 0.15) is 5.58 Å². The monoisotopic (exact) mass is 277 g/mol. The predicted molar refractivity (Wildman–Crippen MR) is 75.8 cm³/mol. The number of furan rings is 1. The Balaban J connectivity index is 1.88. The van der Waals surface area contributed by atoms with Gasteiger partial charge in [-0.3, -0.25) is 4.79 Å². The minimum absolute atomic E-state index is 0.0502. The van der Waals surface area contributed by atoms with Crippen molar-refractivity contribution in [1.82, 2.24) is 5.32 Å². The molecule has 1 aromatic carbocycles. The third-order valence-corrected chi connectivity index (χ3v) is 3.83. The van der Waals surface area contributed by atoms with E-state index in [1.54, 1.807) is 18.2 Å². The summed E-state index contributed by atoms with van der Waals surface area (Å²) >= 11 is 5.94. The highest BCUT2D eigenvalue weighted by Crippen LogP contribution is 2.24. The fourth-order valence-corrected chi connectivity index (χ4v) is 2.74. The van der Waals surface area contributed by atoms with Crippen LogP contribution in [0.4, 0.5) is 0 Å². The summed E-state index contributed by atoms with van der Waals surface area (Å²) in [6.45, 7) is 0.905. The Morgan fingerprint density at radius 1 is 1.26 bits per heavy atom. The second-order valence-electron chi connectivity index (χ2n) is 5.01. The lowest BCUT2D eigenvalue weighted by Gasteiger charge is -2.12. The van der Waals surface area contributed by atoms with E-state index in [4.69, 9.17) is 16.0 Å². The number of carbonyl (C=O) groups is 1. The first-order valence-electron chi connectivity index (χ1n) is 6.71. The van der Waals surface area contributed by atoms with Gasteiger partial charge in [-0.05, 0) is 43.7 Å². The van der Waals surface area contributed by atoms with E-state index in [0.29, 0.717) is 16.4 Å². The van der Waals surface area contributed by atoms with Gasteiger partial charge in [0.25, 0.3) is 0 Å². The van der Waals surface area contributed by atoms with E-state index in [9.17, 15) is 4.79 Å². The fourth-order valence-electron chi connectivity index (χ4n) is 2.56. The van der Waals surface area contributed by atoms with Crippen LogP contribution in [0.25, 0.3) is 11.0 Å². The highest BCUT2D eigenvalue weighted by atomic mass is 35.5. The number of ketones is 1. The van der Waals surface area contributed by atoms with E-state index in [-0.39, 0.29) is 11.8 Å². The summed E-state index contributed by atoms with van der Waals surface area (Å²) in [7, 11) is 0. The molecule has 3 rings (SSSR count). The van der Waals surface area contributed by atoms with E-state index in [0.717, 1.165) is 31.2 Å². The maximum atomic E-state index is 12.4.